The molecule has 2 heterocycles. The number of fused-ring (bicyclic) bond motifs is 1. The van der Waals surface area contributed by atoms with Crippen molar-refractivity contribution in [2.45, 2.75) is 25.6 Å². The molecule has 0 spiro atoms. The summed E-state index contributed by atoms with van der Waals surface area (Å²) in [5.74, 6) is 0.951. The summed E-state index contributed by atoms with van der Waals surface area (Å²) >= 11 is 0. The van der Waals surface area contributed by atoms with Gasteiger partial charge in [0.1, 0.15) is 11.6 Å². The summed E-state index contributed by atoms with van der Waals surface area (Å²) in [7, 11) is 0. The first-order valence-corrected chi connectivity index (χ1v) is 5.51. The second-order valence-electron chi connectivity index (χ2n) is 4.37. The Morgan fingerprint density at radius 3 is 2.71 bits per heavy atom. The first-order valence-electron chi connectivity index (χ1n) is 5.51. The van der Waals surface area contributed by atoms with Gasteiger partial charge < -0.3 is 27.0 Å². The second-order valence-corrected chi connectivity index (χ2v) is 4.37. The van der Waals surface area contributed by atoms with Crippen molar-refractivity contribution in [3.05, 3.63) is 5.56 Å². The Balaban J connectivity index is 2.24. The van der Waals surface area contributed by atoms with E-state index < -0.39 is 12.2 Å². The summed E-state index contributed by atoms with van der Waals surface area (Å²) in [6.45, 7) is 2.08. The van der Waals surface area contributed by atoms with Crippen molar-refractivity contribution >= 4 is 17.6 Å². The average Bonchev–Trinajstić information content (AvgIpc) is 2.27. The quantitative estimate of drug-likeness (QED) is 0.446. The average molecular weight is 239 g/mol. The fraction of sp³-hybridized carbons (Fsp3) is 0.600. The van der Waals surface area contributed by atoms with E-state index in [2.05, 4.69) is 15.3 Å². The number of hydrogen-bond donors (Lipinski definition) is 5. The van der Waals surface area contributed by atoms with E-state index in [1.54, 1.807) is 6.92 Å². The Morgan fingerprint density at radius 1 is 1.35 bits per heavy atom. The van der Waals surface area contributed by atoms with Crippen molar-refractivity contribution in [1.82, 2.24) is 9.97 Å². The lowest BCUT2D eigenvalue weighted by Gasteiger charge is -2.30. The molecule has 0 aliphatic carbocycles. The summed E-state index contributed by atoms with van der Waals surface area (Å²) in [5, 5.41) is 22.2. The molecule has 0 aromatic carbocycles. The van der Waals surface area contributed by atoms with Crippen LogP contribution in [-0.2, 0) is 6.42 Å². The number of aromatic nitrogens is 2. The van der Waals surface area contributed by atoms with E-state index in [1.165, 1.54) is 0 Å². The van der Waals surface area contributed by atoms with Gasteiger partial charge in [0.15, 0.2) is 0 Å². The maximum absolute atomic E-state index is 9.83. The van der Waals surface area contributed by atoms with E-state index in [9.17, 15) is 10.2 Å². The van der Waals surface area contributed by atoms with Crippen molar-refractivity contribution in [1.29, 1.82) is 0 Å². The zero-order chi connectivity index (χ0) is 12.6. The van der Waals surface area contributed by atoms with Crippen LogP contribution in [0.25, 0.3) is 0 Å². The highest BCUT2D eigenvalue weighted by atomic mass is 16.3. The number of aliphatic hydroxyl groups is 2. The fourth-order valence-electron chi connectivity index (χ4n) is 2.06. The third kappa shape index (κ3) is 2.25. The van der Waals surface area contributed by atoms with Gasteiger partial charge in [-0.3, -0.25) is 0 Å². The third-order valence-corrected chi connectivity index (χ3v) is 3.03. The van der Waals surface area contributed by atoms with E-state index in [0.717, 1.165) is 5.56 Å². The summed E-state index contributed by atoms with van der Waals surface area (Å²) < 4.78 is 0. The summed E-state index contributed by atoms with van der Waals surface area (Å²) in [6.07, 6.45) is -1.05. The predicted molar refractivity (Wildman–Crippen MR) is 64.2 cm³/mol. The van der Waals surface area contributed by atoms with Crippen LogP contribution in [0.5, 0.6) is 0 Å². The largest absolute Gasteiger partial charge is 0.391 e. The number of nitrogens with zero attached hydrogens (tertiary/aromatic N) is 2. The maximum atomic E-state index is 9.83. The number of nitrogens with one attached hydrogen (secondary N) is 1. The first kappa shape index (κ1) is 11.9. The van der Waals surface area contributed by atoms with Gasteiger partial charge in [-0.1, -0.05) is 0 Å². The lowest BCUT2D eigenvalue weighted by Crippen LogP contribution is -2.39. The SMILES string of the molecule is CC(O)C(O)C1CNc2nc(N)nc(N)c2C1. The maximum Gasteiger partial charge on any atom is 0.223 e. The van der Waals surface area contributed by atoms with Crippen LogP contribution in [0.15, 0.2) is 0 Å². The van der Waals surface area contributed by atoms with Crippen LogP contribution in [-0.4, -0.2) is 38.9 Å². The van der Waals surface area contributed by atoms with Gasteiger partial charge in [-0.25, -0.2) is 0 Å². The molecule has 0 amide bonds. The fourth-order valence-corrected chi connectivity index (χ4v) is 2.06. The van der Waals surface area contributed by atoms with Crippen LogP contribution >= 0.6 is 0 Å². The standard InChI is InChI=1S/C10H17N5O2/c1-4(16)7(17)5-2-6-8(11)14-10(12)15-9(6)13-3-5/h4-5,7,16-17H,2-3H2,1H3,(H5,11,12,13,14,15). The molecule has 1 aromatic heterocycles. The molecule has 3 unspecified atom stereocenters. The molecule has 7 N–H and O–H groups in total. The van der Waals surface area contributed by atoms with Crippen molar-refractivity contribution in [2.75, 3.05) is 23.3 Å². The minimum Gasteiger partial charge on any atom is -0.391 e. The van der Waals surface area contributed by atoms with E-state index >= 15 is 0 Å². The Hall–Kier alpha value is -1.60. The monoisotopic (exact) mass is 239 g/mol. The van der Waals surface area contributed by atoms with Gasteiger partial charge in [0.05, 0.1) is 12.2 Å². The van der Waals surface area contributed by atoms with Crippen LogP contribution in [0.4, 0.5) is 17.6 Å². The number of nitrogens with two attached hydrogens (primary N) is 2. The van der Waals surface area contributed by atoms with Crippen molar-refractivity contribution < 1.29 is 10.2 Å². The summed E-state index contributed by atoms with van der Waals surface area (Å²) in [5.41, 5.74) is 12.0. The summed E-state index contributed by atoms with van der Waals surface area (Å²) in [4.78, 5) is 7.93. The van der Waals surface area contributed by atoms with Gasteiger partial charge in [-0.2, -0.15) is 9.97 Å². The van der Waals surface area contributed by atoms with E-state index in [1.807, 2.05) is 0 Å². The van der Waals surface area contributed by atoms with Gasteiger partial charge >= 0.3 is 0 Å². The Kier molecular flexibility index (Phi) is 3.03. The summed E-state index contributed by atoms with van der Waals surface area (Å²) in [6, 6.07) is 0. The van der Waals surface area contributed by atoms with Crippen LogP contribution in [0.1, 0.15) is 12.5 Å². The zero-order valence-electron chi connectivity index (χ0n) is 9.59. The first-order chi connectivity index (χ1) is 7.99. The molecule has 1 aliphatic heterocycles. The molecular formula is C10H17N5O2. The predicted octanol–water partition coefficient (Wildman–Crippen LogP) is -1.03. The van der Waals surface area contributed by atoms with Gasteiger partial charge in [0.25, 0.3) is 0 Å². The molecule has 17 heavy (non-hydrogen) atoms. The highest BCUT2D eigenvalue weighted by molar-refractivity contribution is 5.59. The molecule has 1 aromatic rings. The second kappa shape index (κ2) is 4.34. The molecule has 94 valence electrons. The molecule has 0 saturated heterocycles. The Labute approximate surface area is 98.9 Å². The molecule has 0 fully saturated rings. The van der Waals surface area contributed by atoms with E-state index in [-0.39, 0.29) is 11.9 Å². The smallest absolute Gasteiger partial charge is 0.223 e. The van der Waals surface area contributed by atoms with Crippen molar-refractivity contribution in [3.8, 4) is 0 Å². The normalized spacial score (nSPS) is 22.4. The van der Waals surface area contributed by atoms with Crippen molar-refractivity contribution in [2.24, 2.45) is 5.92 Å². The molecule has 0 saturated carbocycles. The lowest BCUT2D eigenvalue weighted by atomic mass is 9.89. The van der Waals surface area contributed by atoms with Crippen molar-refractivity contribution in [3.63, 3.8) is 0 Å². The number of hydrogen-bond acceptors (Lipinski definition) is 7. The lowest BCUT2D eigenvalue weighted by molar-refractivity contribution is -0.00434. The van der Waals surface area contributed by atoms with Crippen LogP contribution in [0.3, 0.4) is 0 Å². The van der Waals surface area contributed by atoms with Gasteiger partial charge in [0.2, 0.25) is 5.95 Å². The van der Waals surface area contributed by atoms with Crippen LogP contribution in [0.2, 0.25) is 0 Å². The number of nitrogen functional groups attached to an aromatic ring is 2. The molecule has 0 bridgehead atoms. The number of rotatable bonds is 2. The minimum atomic E-state index is -0.799. The Morgan fingerprint density at radius 2 is 2.06 bits per heavy atom. The molecule has 7 heteroatoms. The highest BCUT2D eigenvalue weighted by Crippen LogP contribution is 2.29. The number of anilines is 3. The Bertz CT molecular complexity index is 423. The van der Waals surface area contributed by atoms with Crippen LogP contribution < -0.4 is 16.8 Å². The molecule has 1 aliphatic rings. The van der Waals surface area contributed by atoms with Gasteiger partial charge in [0, 0.05) is 18.0 Å². The molecular weight excluding hydrogens is 222 g/mol. The minimum absolute atomic E-state index is 0.114. The molecule has 3 atom stereocenters. The molecule has 0 radical (unpaired) electrons. The highest BCUT2D eigenvalue weighted by Gasteiger charge is 2.29. The topological polar surface area (TPSA) is 130 Å². The van der Waals surface area contributed by atoms with E-state index in [0.29, 0.717) is 24.6 Å². The third-order valence-electron chi connectivity index (χ3n) is 3.03. The molecule has 7 nitrogen and oxygen atoms in total. The van der Waals surface area contributed by atoms with Gasteiger partial charge in [-0.15, -0.1) is 0 Å². The number of aliphatic hydroxyl groups excluding tert-OH is 2. The van der Waals surface area contributed by atoms with E-state index in [4.69, 9.17) is 11.5 Å². The zero-order valence-corrected chi connectivity index (χ0v) is 9.59. The van der Waals surface area contributed by atoms with Crippen LogP contribution in [0, 0.1) is 5.92 Å². The van der Waals surface area contributed by atoms with Gasteiger partial charge in [-0.05, 0) is 13.3 Å². The molecule has 2 rings (SSSR count).